The van der Waals surface area contributed by atoms with Crippen molar-refractivity contribution in [1.29, 1.82) is 0 Å². The van der Waals surface area contributed by atoms with Crippen LogP contribution in [0.25, 0.3) is 11.1 Å². The summed E-state index contributed by atoms with van der Waals surface area (Å²) < 4.78 is 31.2. The lowest BCUT2D eigenvalue weighted by atomic mass is 9.82. The zero-order valence-corrected chi connectivity index (χ0v) is 21.0. The van der Waals surface area contributed by atoms with Crippen LogP contribution >= 0.6 is 0 Å². The first-order chi connectivity index (χ1) is 17.5. The zero-order chi connectivity index (χ0) is 25.2. The largest absolute Gasteiger partial charge is 0.485 e. The molecule has 0 amide bonds. The molecule has 1 saturated carbocycles. The maximum atomic E-state index is 14.4. The number of methoxy groups -OCH3 is 2. The van der Waals surface area contributed by atoms with Crippen molar-refractivity contribution < 1.29 is 23.4 Å². The molecule has 2 aliphatic rings. The fourth-order valence-corrected chi connectivity index (χ4v) is 5.41. The summed E-state index contributed by atoms with van der Waals surface area (Å²) in [6.07, 6.45) is 6.23. The summed E-state index contributed by atoms with van der Waals surface area (Å²) in [7, 11) is 2.97. The number of nitrogens with zero attached hydrogens (tertiary/aromatic N) is 1. The lowest BCUT2D eigenvalue weighted by molar-refractivity contribution is -0.145. The lowest BCUT2D eigenvalue weighted by Gasteiger charge is -2.24. The quantitative estimate of drug-likeness (QED) is 0.348. The van der Waals surface area contributed by atoms with Gasteiger partial charge in [-0.2, -0.15) is 0 Å². The molecule has 1 unspecified atom stereocenters. The summed E-state index contributed by atoms with van der Waals surface area (Å²) in [5.41, 5.74) is 4.62. The van der Waals surface area contributed by atoms with E-state index in [4.69, 9.17) is 14.2 Å². The molecule has 5 rings (SSSR count). The maximum Gasteiger partial charge on any atom is 0.309 e. The number of hydrogen-bond acceptors (Lipinski definition) is 5. The third kappa shape index (κ3) is 4.95. The van der Waals surface area contributed by atoms with Gasteiger partial charge in [0.1, 0.15) is 17.7 Å². The molecular weight excluding hydrogens is 457 g/mol. The van der Waals surface area contributed by atoms with Crippen LogP contribution in [0.15, 0.2) is 54.7 Å². The summed E-state index contributed by atoms with van der Waals surface area (Å²) in [6.45, 7) is 1.97. The molecular formula is C30H32FNO4. The van der Waals surface area contributed by atoms with Gasteiger partial charge in [-0.25, -0.2) is 9.37 Å². The van der Waals surface area contributed by atoms with Gasteiger partial charge in [-0.3, -0.25) is 4.79 Å². The number of carbonyl (C=O) groups excluding carboxylic acids is 1. The van der Waals surface area contributed by atoms with Crippen LogP contribution < -0.4 is 9.47 Å². The van der Waals surface area contributed by atoms with E-state index in [1.807, 2.05) is 31.2 Å². The average Bonchev–Trinajstić information content (AvgIpc) is 3.76. The molecule has 1 aromatic heterocycles. The normalized spacial score (nSPS) is 18.8. The van der Waals surface area contributed by atoms with Crippen molar-refractivity contribution in [2.75, 3.05) is 14.2 Å². The van der Waals surface area contributed by atoms with E-state index in [0.717, 1.165) is 54.5 Å². The minimum absolute atomic E-state index is 0.0928. The molecule has 6 heteroatoms. The number of benzene rings is 2. The van der Waals surface area contributed by atoms with E-state index in [9.17, 15) is 9.18 Å². The second-order valence-corrected chi connectivity index (χ2v) is 9.87. The van der Waals surface area contributed by atoms with E-state index in [1.165, 1.54) is 26.0 Å². The van der Waals surface area contributed by atoms with Gasteiger partial charge in [-0.05, 0) is 72.3 Å². The van der Waals surface area contributed by atoms with Gasteiger partial charge in [0.2, 0.25) is 5.88 Å². The maximum absolute atomic E-state index is 14.4. The highest BCUT2D eigenvalue weighted by Gasteiger charge is 2.39. The third-order valence-electron chi connectivity index (χ3n) is 7.53. The monoisotopic (exact) mass is 489 g/mol. The van der Waals surface area contributed by atoms with Crippen LogP contribution in [-0.2, 0) is 16.0 Å². The van der Waals surface area contributed by atoms with E-state index in [0.29, 0.717) is 17.4 Å². The molecule has 0 N–H and O–H groups in total. The number of aryl methyl sites for hydroxylation is 1. The Balaban J connectivity index is 1.39. The Morgan fingerprint density at radius 3 is 2.56 bits per heavy atom. The molecule has 3 atom stereocenters. The predicted molar refractivity (Wildman–Crippen MR) is 136 cm³/mol. The van der Waals surface area contributed by atoms with Crippen LogP contribution in [0, 0.1) is 17.7 Å². The highest BCUT2D eigenvalue weighted by molar-refractivity contribution is 5.73. The first-order valence-electron chi connectivity index (χ1n) is 12.7. The molecule has 5 nitrogen and oxygen atoms in total. The molecule has 1 aliphatic carbocycles. The fraction of sp³-hybridized carbons (Fsp3) is 0.400. The van der Waals surface area contributed by atoms with E-state index in [2.05, 4.69) is 23.2 Å². The molecule has 0 bridgehead atoms. The third-order valence-corrected chi connectivity index (χ3v) is 7.53. The van der Waals surface area contributed by atoms with Crippen molar-refractivity contribution in [3.8, 4) is 22.8 Å². The highest BCUT2D eigenvalue weighted by atomic mass is 19.1. The van der Waals surface area contributed by atoms with Crippen LogP contribution in [0.1, 0.15) is 61.3 Å². The standard InChI is InChI=1S/C30H32FNO4/c1-18(30(33)35-3)29(22-12-13-22)23-14-11-20-5-4-6-26(36-27(20)15-23)21-9-7-19(8-10-21)24-16-28(34-2)32-17-25(24)31/h7-11,14-18,22,26,29H,4-6,12-13H2,1-3H3/t18-,26?,29-/m0/s1. The van der Waals surface area contributed by atoms with Gasteiger partial charge in [0.15, 0.2) is 0 Å². The van der Waals surface area contributed by atoms with Crippen LogP contribution in [0.3, 0.4) is 0 Å². The van der Waals surface area contributed by atoms with Crippen LogP contribution in [0.5, 0.6) is 11.6 Å². The van der Waals surface area contributed by atoms with Crippen LogP contribution in [0.4, 0.5) is 4.39 Å². The summed E-state index contributed by atoms with van der Waals surface area (Å²) in [5.74, 6) is 1.18. The number of esters is 1. The topological polar surface area (TPSA) is 57.7 Å². The SMILES string of the molecule is COC(=O)[C@@H](C)[C@H](c1ccc2c(c1)OC(c1ccc(-c3cc(OC)ncc3F)cc1)CCC2)C1CC1. The number of aromatic nitrogens is 1. The Morgan fingerprint density at radius 1 is 1.08 bits per heavy atom. The van der Waals surface area contributed by atoms with Gasteiger partial charge in [-0.1, -0.05) is 43.3 Å². The van der Waals surface area contributed by atoms with Crippen molar-refractivity contribution in [2.45, 2.75) is 51.0 Å². The van der Waals surface area contributed by atoms with E-state index < -0.39 is 0 Å². The van der Waals surface area contributed by atoms with E-state index in [1.54, 1.807) is 6.07 Å². The second kappa shape index (κ2) is 10.3. The molecule has 1 aliphatic heterocycles. The molecule has 36 heavy (non-hydrogen) atoms. The first-order valence-corrected chi connectivity index (χ1v) is 12.7. The molecule has 1 fully saturated rings. The van der Waals surface area contributed by atoms with Gasteiger partial charge in [0.05, 0.1) is 26.3 Å². The van der Waals surface area contributed by atoms with Crippen molar-refractivity contribution in [3.63, 3.8) is 0 Å². The number of halogens is 1. The molecule has 0 spiro atoms. The molecule has 0 radical (unpaired) electrons. The minimum Gasteiger partial charge on any atom is -0.485 e. The van der Waals surface area contributed by atoms with Crippen LogP contribution in [0.2, 0.25) is 0 Å². The Morgan fingerprint density at radius 2 is 1.86 bits per heavy atom. The number of rotatable bonds is 7. The van der Waals surface area contributed by atoms with Crippen LogP contribution in [-0.4, -0.2) is 25.2 Å². The summed E-state index contributed by atoms with van der Waals surface area (Å²) >= 11 is 0. The number of hydrogen-bond donors (Lipinski definition) is 0. The van der Waals surface area contributed by atoms with Crippen molar-refractivity contribution >= 4 is 5.97 Å². The number of pyridine rings is 1. The molecule has 188 valence electrons. The van der Waals surface area contributed by atoms with E-state index >= 15 is 0 Å². The molecule has 3 aromatic rings. The zero-order valence-electron chi connectivity index (χ0n) is 21.0. The van der Waals surface area contributed by atoms with Gasteiger partial charge in [0.25, 0.3) is 0 Å². The van der Waals surface area contributed by atoms with Gasteiger partial charge in [-0.15, -0.1) is 0 Å². The summed E-state index contributed by atoms with van der Waals surface area (Å²) in [6, 6.07) is 15.9. The predicted octanol–water partition coefficient (Wildman–Crippen LogP) is 6.66. The van der Waals surface area contributed by atoms with E-state index in [-0.39, 0.29) is 29.7 Å². The van der Waals surface area contributed by atoms with Gasteiger partial charge >= 0.3 is 5.97 Å². The summed E-state index contributed by atoms with van der Waals surface area (Å²) in [4.78, 5) is 16.3. The fourth-order valence-electron chi connectivity index (χ4n) is 5.41. The van der Waals surface area contributed by atoms with Gasteiger partial charge < -0.3 is 14.2 Å². The Kier molecular flexibility index (Phi) is 6.95. The Hall–Kier alpha value is -3.41. The van der Waals surface area contributed by atoms with Gasteiger partial charge in [0, 0.05) is 11.6 Å². The smallest absolute Gasteiger partial charge is 0.309 e. The first kappa shape index (κ1) is 24.3. The number of carbonyl (C=O) groups is 1. The Labute approximate surface area is 211 Å². The van der Waals surface area contributed by atoms with Crippen molar-refractivity contribution in [3.05, 3.63) is 77.2 Å². The number of ether oxygens (including phenoxy) is 3. The molecule has 2 aromatic carbocycles. The Bertz CT molecular complexity index is 1240. The average molecular weight is 490 g/mol. The van der Waals surface area contributed by atoms with Crippen molar-refractivity contribution in [2.24, 2.45) is 11.8 Å². The lowest BCUT2D eigenvalue weighted by Crippen LogP contribution is -2.22. The molecule has 2 heterocycles. The highest BCUT2D eigenvalue weighted by Crippen LogP contribution is 2.48. The second-order valence-electron chi connectivity index (χ2n) is 9.87. The molecule has 0 saturated heterocycles. The minimum atomic E-state index is -0.387. The van der Waals surface area contributed by atoms with Crippen molar-refractivity contribution in [1.82, 2.24) is 4.98 Å². The number of fused-ring (bicyclic) bond motifs is 1. The summed E-state index contributed by atoms with van der Waals surface area (Å²) in [5, 5.41) is 0.